The summed E-state index contributed by atoms with van der Waals surface area (Å²) in [6.07, 6.45) is -0.777. The van der Waals surface area contributed by atoms with Gasteiger partial charge in [-0.3, -0.25) is 5.32 Å². The summed E-state index contributed by atoms with van der Waals surface area (Å²) in [5.41, 5.74) is 1.09. The van der Waals surface area contributed by atoms with Crippen LogP contribution in [0.4, 0.5) is 19.3 Å². The molecule has 0 aliphatic rings. The molecule has 0 aliphatic carbocycles. The molecule has 6 nitrogen and oxygen atoms in total. The van der Waals surface area contributed by atoms with Crippen molar-refractivity contribution < 1.29 is 27.8 Å². The molecule has 0 radical (unpaired) electrons. The molecule has 0 fully saturated rings. The van der Waals surface area contributed by atoms with Crippen LogP contribution in [0.2, 0.25) is 0 Å². The van der Waals surface area contributed by atoms with E-state index in [0.717, 1.165) is 17.7 Å². The Kier molecular flexibility index (Phi) is 6.77. The zero-order valence-electron chi connectivity index (χ0n) is 18.2. The number of benzene rings is 3. The van der Waals surface area contributed by atoms with E-state index < -0.39 is 23.7 Å². The Hall–Kier alpha value is -4.33. The summed E-state index contributed by atoms with van der Waals surface area (Å²) < 4.78 is 38.8. The maximum Gasteiger partial charge on any atom is 0.412 e. The lowest BCUT2D eigenvalue weighted by atomic mass is 10.0. The maximum atomic E-state index is 14.3. The number of anilines is 1. The minimum absolute atomic E-state index is 0.0417. The van der Waals surface area contributed by atoms with Crippen molar-refractivity contribution in [2.24, 2.45) is 0 Å². The Morgan fingerprint density at radius 1 is 0.912 bits per heavy atom. The second kappa shape index (κ2) is 10.1. The number of fused-ring (bicyclic) bond motifs is 1. The summed E-state index contributed by atoms with van der Waals surface area (Å²) in [6.45, 7) is 1.77. The molecular weight excluding hydrogens is 442 g/mol. The molecule has 0 unspecified atom stereocenters. The first kappa shape index (κ1) is 22.8. The highest BCUT2D eigenvalue weighted by molar-refractivity contribution is 6.02. The Morgan fingerprint density at radius 3 is 2.35 bits per heavy atom. The number of nitrogens with one attached hydrogen (secondary N) is 1. The van der Waals surface area contributed by atoms with Crippen LogP contribution in [-0.2, 0) is 16.1 Å². The molecule has 1 aromatic heterocycles. The highest BCUT2D eigenvalue weighted by Gasteiger charge is 2.20. The molecule has 3 aromatic carbocycles. The Bertz CT molecular complexity index is 1340. The van der Waals surface area contributed by atoms with E-state index in [-0.39, 0.29) is 35.7 Å². The number of pyridine rings is 1. The minimum atomic E-state index is -0.777. The van der Waals surface area contributed by atoms with Gasteiger partial charge in [0, 0.05) is 5.39 Å². The molecule has 0 aliphatic heterocycles. The molecule has 0 saturated carbocycles. The van der Waals surface area contributed by atoms with Gasteiger partial charge in [-0.1, -0.05) is 48.5 Å². The predicted octanol–water partition coefficient (Wildman–Crippen LogP) is 6.11. The second-order valence-corrected chi connectivity index (χ2v) is 7.30. The quantitative estimate of drug-likeness (QED) is 0.350. The summed E-state index contributed by atoms with van der Waals surface area (Å²) >= 11 is 0. The van der Waals surface area contributed by atoms with Gasteiger partial charge in [0.1, 0.15) is 18.2 Å². The van der Waals surface area contributed by atoms with E-state index in [9.17, 15) is 18.4 Å². The van der Waals surface area contributed by atoms with E-state index >= 15 is 0 Å². The Labute approximate surface area is 194 Å². The van der Waals surface area contributed by atoms with Crippen molar-refractivity contribution in [3.8, 4) is 11.1 Å². The van der Waals surface area contributed by atoms with E-state index in [2.05, 4.69) is 10.3 Å². The Morgan fingerprint density at radius 2 is 1.65 bits per heavy atom. The number of aromatic nitrogens is 1. The van der Waals surface area contributed by atoms with Crippen LogP contribution in [0.5, 0.6) is 0 Å². The molecule has 1 N–H and O–H groups in total. The average Bonchev–Trinajstić information content (AvgIpc) is 2.83. The third-order valence-corrected chi connectivity index (χ3v) is 4.99. The summed E-state index contributed by atoms with van der Waals surface area (Å²) in [4.78, 5) is 29.2. The average molecular weight is 462 g/mol. The smallest absolute Gasteiger partial charge is 0.412 e. The van der Waals surface area contributed by atoms with Gasteiger partial charge in [-0.15, -0.1) is 0 Å². The second-order valence-electron chi connectivity index (χ2n) is 7.30. The molecule has 1 heterocycles. The highest BCUT2D eigenvalue weighted by atomic mass is 19.1. The summed E-state index contributed by atoms with van der Waals surface area (Å²) in [7, 11) is 0. The predicted molar refractivity (Wildman–Crippen MR) is 123 cm³/mol. The van der Waals surface area contributed by atoms with Gasteiger partial charge < -0.3 is 9.47 Å². The first-order chi connectivity index (χ1) is 16.5. The van der Waals surface area contributed by atoms with Crippen LogP contribution in [0.3, 0.4) is 0 Å². The third-order valence-electron chi connectivity index (χ3n) is 4.99. The van der Waals surface area contributed by atoms with Crippen LogP contribution in [-0.4, -0.2) is 23.7 Å². The lowest BCUT2D eigenvalue weighted by molar-refractivity contribution is 0.0521. The molecule has 8 heteroatoms. The topological polar surface area (TPSA) is 77.5 Å². The molecule has 0 spiro atoms. The van der Waals surface area contributed by atoms with Gasteiger partial charge in [0.25, 0.3) is 0 Å². The van der Waals surface area contributed by atoms with Gasteiger partial charge >= 0.3 is 12.1 Å². The van der Waals surface area contributed by atoms with Crippen LogP contribution < -0.4 is 5.32 Å². The zero-order valence-corrected chi connectivity index (χ0v) is 18.2. The van der Waals surface area contributed by atoms with Crippen LogP contribution in [0.25, 0.3) is 22.0 Å². The molecule has 0 atom stereocenters. The summed E-state index contributed by atoms with van der Waals surface area (Å²) in [5, 5.41) is 3.07. The fourth-order valence-electron chi connectivity index (χ4n) is 3.42. The number of amides is 1. The lowest BCUT2D eigenvalue weighted by Crippen LogP contribution is -2.18. The van der Waals surface area contributed by atoms with E-state index in [4.69, 9.17) is 9.47 Å². The fraction of sp³-hybridized carbons (Fsp3) is 0.115. The first-order valence-electron chi connectivity index (χ1n) is 10.5. The van der Waals surface area contributed by atoms with Gasteiger partial charge in [0.05, 0.1) is 23.4 Å². The zero-order chi connectivity index (χ0) is 24.1. The van der Waals surface area contributed by atoms with E-state index in [1.807, 2.05) is 30.3 Å². The SMILES string of the molecule is CCOC(=O)c1nc2cc(-c3c(F)cccc3F)ccc2cc1NC(=O)OCc1ccccc1. The largest absolute Gasteiger partial charge is 0.461 e. The fourth-order valence-corrected chi connectivity index (χ4v) is 3.42. The van der Waals surface area contributed by atoms with Crippen molar-refractivity contribution in [3.63, 3.8) is 0 Å². The summed E-state index contributed by atoms with van der Waals surface area (Å²) in [5.74, 6) is -2.20. The molecule has 34 heavy (non-hydrogen) atoms. The first-order valence-corrected chi connectivity index (χ1v) is 10.5. The van der Waals surface area contributed by atoms with Crippen LogP contribution in [0, 0.1) is 11.6 Å². The molecule has 4 aromatic rings. The number of hydrogen-bond acceptors (Lipinski definition) is 5. The van der Waals surface area contributed by atoms with Gasteiger partial charge in [-0.05, 0) is 42.3 Å². The molecule has 4 rings (SSSR count). The van der Waals surface area contributed by atoms with Crippen molar-refractivity contribution in [2.45, 2.75) is 13.5 Å². The van der Waals surface area contributed by atoms with Crippen molar-refractivity contribution in [2.75, 3.05) is 11.9 Å². The van der Waals surface area contributed by atoms with Crippen LogP contribution >= 0.6 is 0 Å². The van der Waals surface area contributed by atoms with Crippen molar-refractivity contribution in [1.82, 2.24) is 4.98 Å². The molecule has 0 saturated heterocycles. The van der Waals surface area contributed by atoms with Crippen LogP contribution in [0.15, 0.2) is 72.8 Å². The van der Waals surface area contributed by atoms with Gasteiger partial charge in [0.15, 0.2) is 5.69 Å². The molecule has 172 valence electrons. The number of ether oxygens (including phenoxy) is 2. The van der Waals surface area contributed by atoms with Gasteiger partial charge in [0.2, 0.25) is 0 Å². The molecule has 0 bridgehead atoms. The van der Waals surface area contributed by atoms with Crippen LogP contribution in [0.1, 0.15) is 23.0 Å². The number of rotatable bonds is 6. The van der Waals surface area contributed by atoms with Crippen molar-refractivity contribution in [3.05, 3.63) is 95.7 Å². The van der Waals surface area contributed by atoms with Crippen molar-refractivity contribution in [1.29, 1.82) is 0 Å². The minimum Gasteiger partial charge on any atom is -0.461 e. The molecular formula is C26H20F2N2O4. The number of nitrogens with zero attached hydrogens (tertiary/aromatic N) is 1. The Balaban J connectivity index is 1.67. The van der Waals surface area contributed by atoms with Crippen molar-refractivity contribution >= 4 is 28.7 Å². The monoisotopic (exact) mass is 462 g/mol. The number of esters is 1. The van der Waals surface area contributed by atoms with E-state index in [0.29, 0.717) is 10.9 Å². The van der Waals surface area contributed by atoms with Gasteiger partial charge in [-0.2, -0.15) is 0 Å². The van der Waals surface area contributed by atoms with Gasteiger partial charge in [-0.25, -0.2) is 23.4 Å². The number of carbonyl (C=O) groups is 2. The standard InChI is InChI=1S/C26H20F2N2O4/c1-2-33-25(31)24-22(30-26(32)34-15-16-7-4-3-5-8-16)13-17-11-12-18(14-21(17)29-24)23-19(27)9-6-10-20(23)28/h3-14H,2,15H2,1H3,(H,30,32). The number of hydrogen-bond donors (Lipinski definition) is 1. The highest BCUT2D eigenvalue weighted by Crippen LogP contribution is 2.30. The maximum absolute atomic E-state index is 14.3. The number of carbonyl (C=O) groups excluding carboxylic acids is 2. The van der Waals surface area contributed by atoms with E-state index in [1.54, 1.807) is 13.0 Å². The normalized spacial score (nSPS) is 10.7. The lowest BCUT2D eigenvalue weighted by Gasteiger charge is -2.13. The third kappa shape index (κ3) is 5.01. The summed E-state index contributed by atoms with van der Waals surface area (Å²) in [6, 6.07) is 18.8. The molecule has 1 amide bonds. The van der Waals surface area contributed by atoms with E-state index in [1.165, 1.54) is 24.3 Å². The number of halogens is 2.